The Bertz CT molecular complexity index is 760. The zero-order valence-electron chi connectivity index (χ0n) is 15.4. The molecule has 27 heavy (non-hydrogen) atoms. The van der Waals surface area contributed by atoms with Crippen LogP contribution in [0.2, 0.25) is 0 Å². The number of carbonyl (C=O) groups excluding carboxylic acids is 2. The summed E-state index contributed by atoms with van der Waals surface area (Å²) in [7, 11) is 0. The highest BCUT2D eigenvalue weighted by atomic mass is 16.5. The van der Waals surface area contributed by atoms with Gasteiger partial charge in [0, 0.05) is 25.2 Å². The summed E-state index contributed by atoms with van der Waals surface area (Å²) in [5, 5.41) is 5.66. The molecule has 0 aliphatic carbocycles. The number of rotatable bonds is 8. The number of ether oxygens (including phenoxy) is 1. The smallest absolute Gasteiger partial charge is 0.237 e. The van der Waals surface area contributed by atoms with Crippen molar-refractivity contribution in [3.63, 3.8) is 0 Å². The van der Waals surface area contributed by atoms with Crippen molar-refractivity contribution in [3.8, 4) is 5.75 Å². The van der Waals surface area contributed by atoms with Gasteiger partial charge in [0.1, 0.15) is 11.5 Å². The first-order chi connectivity index (χ1) is 13.2. The van der Waals surface area contributed by atoms with Crippen LogP contribution in [0.5, 0.6) is 5.75 Å². The van der Waals surface area contributed by atoms with E-state index >= 15 is 0 Å². The van der Waals surface area contributed by atoms with E-state index in [9.17, 15) is 9.59 Å². The van der Waals surface area contributed by atoms with E-state index in [0.29, 0.717) is 38.5 Å². The van der Waals surface area contributed by atoms with Crippen LogP contribution in [0.1, 0.15) is 24.7 Å². The molecule has 2 aromatic rings. The summed E-state index contributed by atoms with van der Waals surface area (Å²) in [5.74, 6) is 1.19. The van der Waals surface area contributed by atoms with Crippen molar-refractivity contribution >= 4 is 11.8 Å². The molecule has 0 saturated carbocycles. The number of nitrogens with zero attached hydrogens (tertiary/aromatic N) is 1. The minimum absolute atomic E-state index is 0.101. The quantitative estimate of drug-likeness (QED) is 0.738. The van der Waals surface area contributed by atoms with Gasteiger partial charge in [-0.25, -0.2) is 0 Å². The molecule has 0 spiro atoms. The van der Waals surface area contributed by atoms with E-state index in [4.69, 9.17) is 9.15 Å². The highest BCUT2D eigenvalue weighted by molar-refractivity contribution is 5.88. The average molecular weight is 371 g/mol. The minimum atomic E-state index is -0.509. The topological polar surface area (TPSA) is 83.8 Å². The van der Waals surface area contributed by atoms with Gasteiger partial charge >= 0.3 is 0 Å². The molecule has 7 heteroatoms. The van der Waals surface area contributed by atoms with Gasteiger partial charge in [-0.05, 0) is 25.1 Å². The Labute approximate surface area is 158 Å². The maximum absolute atomic E-state index is 12.4. The molecular weight excluding hydrogens is 346 g/mol. The van der Waals surface area contributed by atoms with E-state index in [1.54, 1.807) is 18.4 Å². The Balaban J connectivity index is 1.64. The zero-order valence-corrected chi connectivity index (χ0v) is 15.4. The summed E-state index contributed by atoms with van der Waals surface area (Å²) >= 11 is 0. The van der Waals surface area contributed by atoms with Crippen LogP contribution in [-0.2, 0) is 22.7 Å². The first-order valence-electron chi connectivity index (χ1n) is 9.19. The molecule has 1 aromatic heterocycles. The largest absolute Gasteiger partial charge is 0.494 e. The fourth-order valence-electron chi connectivity index (χ4n) is 3.17. The number of benzene rings is 1. The van der Waals surface area contributed by atoms with Crippen molar-refractivity contribution < 1.29 is 18.7 Å². The van der Waals surface area contributed by atoms with Gasteiger partial charge in [-0.1, -0.05) is 18.2 Å². The van der Waals surface area contributed by atoms with Crippen molar-refractivity contribution in [2.45, 2.75) is 32.5 Å². The molecule has 0 bridgehead atoms. The predicted octanol–water partition coefficient (Wildman–Crippen LogP) is 1.69. The fourth-order valence-corrected chi connectivity index (χ4v) is 3.17. The minimum Gasteiger partial charge on any atom is -0.494 e. The monoisotopic (exact) mass is 371 g/mol. The Morgan fingerprint density at radius 2 is 2.19 bits per heavy atom. The molecule has 1 saturated heterocycles. The summed E-state index contributed by atoms with van der Waals surface area (Å²) in [6, 6.07) is 10.9. The van der Waals surface area contributed by atoms with Crippen LogP contribution in [0.3, 0.4) is 0 Å². The fraction of sp³-hybridized carbons (Fsp3) is 0.400. The first-order valence-corrected chi connectivity index (χ1v) is 9.19. The van der Waals surface area contributed by atoms with Crippen molar-refractivity contribution in [1.29, 1.82) is 0 Å². The van der Waals surface area contributed by atoms with E-state index in [0.717, 1.165) is 11.3 Å². The third kappa shape index (κ3) is 5.10. The second-order valence-electron chi connectivity index (χ2n) is 6.38. The van der Waals surface area contributed by atoms with Crippen LogP contribution < -0.4 is 15.4 Å². The average Bonchev–Trinajstić information content (AvgIpc) is 3.18. The molecule has 7 nitrogen and oxygen atoms in total. The molecular formula is C20H25N3O4. The molecule has 1 aliphatic rings. The van der Waals surface area contributed by atoms with Crippen molar-refractivity contribution in [3.05, 3.63) is 54.0 Å². The molecule has 2 amide bonds. The van der Waals surface area contributed by atoms with Crippen LogP contribution in [-0.4, -0.2) is 42.5 Å². The number of amides is 2. The van der Waals surface area contributed by atoms with Crippen molar-refractivity contribution in [2.75, 3.05) is 19.7 Å². The third-order valence-corrected chi connectivity index (χ3v) is 4.51. The number of para-hydroxylation sites is 1. The second kappa shape index (κ2) is 9.23. The summed E-state index contributed by atoms with van der Waals surface area (Å²) in [5.41, 5.74) is 1.01. The maximum Gasteiger partial charge on any atom is 0.237 e. The predicted molar refractivity (Wildman–Crippen MR) is 100.0 cm³/mol. The van der Waals surface area contributed by atoms with Gasteiger partial charge < -0.3 is 19.8 Å². The van der Waals surface area contributed by atoms with Gasteiger partial charge in [0.05, 0.1) is 31.9 Å². The number of carbonyl (C=O) groups is 2. The van der Waals surface area contributed by atoms with Crippen molar-refractivity contribution in [1.82, 2.24) is 15.5 Å². The van der Waals surface area contributed by atoms with Gasteiger partial charge in [0.2, 0.25) is 11.8 Å². The molecule has 3 rings (SSSR count). The SMILES string of the molecule is CCOc1ccccc1CN1CCNC(=O)[C@H]1CC(=O)NCc1ccco1. The van der Waals surface area contributed by atoms with Crippen LogP contribution in [0, 0.1) is 0 Å². The van der Waals surface area contributed by atoms with E-state index < -0.39 is 6.04 Å². The van der Waals surface area contributed by atoms with Crippen LogP contribution >= 0.6 is 0 Å². The van der Waals surface area contributed by atoms with E-state index in [1.807, 2.05) is 36.1 Å². The van der Waals surface area contributed by atoms with E-state index in [2.05, 4.69) is 10.6 Å². The second-order valence-corrected chi connectivity index (χ2v) is 6.38. The lowest BCUT2D eigenvalue weighted by Crippen LogP contribution is -2.56. The van der Waals surface area contributed by atoms with Crippen molar-refractivity contribution in [2.24, 2.45) is 0 Å². The van der Waals surface area contributed by atoms with Crippen LogP contribution in [0.25, 0.3) is 0 Å². The molecule has 1 aromatic carbocycles. The Morgan fingerprint density at radius 3 is 2.96 bits per heavy atom. The van der Waals surface area contributed by atoms with Crippen LogP contribution in [0.4, 0.5) is 0 Å². The number of hydrogen-bond acceptors (Lipinski definition) is 5. The molecule has 1 fully saturated rings. The van der Waals surface area contributed by atoms with Gasteiger partial charge in [-0.2, -0.15) is 0 Å². The van der Waals surface area contributed by atoms with E-state index in [-0.39, 0.29) is 18.2 Å². The number of furan rings is 1. The zero-order chi connectivity index (χ0) is 19.1. The molecule has 144 valence electrons. The molecule has 2 heterocycles. The lowest BCUT2D eigenvalue weighted by molar-refractivity contribution is -0.134. The third-order valence-electron chi connectivity index (χ3n) is 4.51. The molecule has 0 unspecified atom stereocenters. The lowest BCUT2D eigenvalue weighted by atomic mass is 10.1. The van der Waals surface area contributed by atoms with Gasteiger partial charge in [-0.15, -0.1) is 0 Å². The van der Waals surface area contributed by atoms with Gasteiger partial charge in [0.15, 0.2) is 0 Å². The normalized spacial score (nSPS) is 17.4. The standard InChI is InChI=1S/C20H25N3O4/c1-2-26-18-8-4-3-6-15(18)14-23-10-9-21-20(25)17(23)12-19(24)22-13-16-7-5-11-27-16/h3-8,11,17H,2,9-10,12-14H2,1H3,(H,21,25)(H,22,24)/t17-/m1/s1. The van der Waals surface area contributed by atoms with Crippen LogP contribution in [0.15, 0.2) is 47.1 Å². The summed E-state index contributed by atoms with van der Waals surface area (Å²) < 4.78 is 10.9. The van der Waals surface area contributed by atoms with Gasteiger partial charge in [0.25, 0.3) is 0 Å². The number of nitrogens with one attached hydrogen (secondary N) is 2. The summed E-state index contributed by atoms with van der Waals surface area (Å²) in [6.07, 6.45) is 1.66. The van der Waals surface area contributed by atoms with Gasteiger partial charge in [-0.3, -0.25) is 14.5 Å². The first kappa shape index (κ1) is 19.0. The lowest BCUT2D eigenvalue weighted by Gasteiger charge is -2.35. The molecule has 1 aliphatic heterocycles. The maximum atomic E-state index is 12.4. The molecule has 2 N–H and O–H groups in total. The highest BCUT2D eigenvalue weighted by Crippen LogP contribution is 2.22. The summed E-state index contributed by atoms with van der Waals surface area (Å²) in [4.78, 5) is 26.8. The number of piperazine rings is 1. The highest BCUT2D eigenvalue weighted by Gasteiger charge is 2.32. The number of hydrogen-bond donors (Lipinski definition) is 2. The van der Waals surface area contributed by atoms with E-state index in [1.165, 1.54) is 0 Å². The molecule has 1 atom stereocenters. The Kier molecular flexibility index (Phi) is 6.49. The Hall–Kier alpha value is -2.80. The summed E-state index contributed by atoms with van der Waals surface area (Å²) in [6.45, 7) is 4.64. The molecule has 0 radical (unpaired) electrons. The Morgan fingerprint density at radius 1 is 1.33 bits per heavy atom.